The van der Waals surface area contributed by atoms with Crippen LogP contribution in [0, 0.1) is 0 Å². The fourth-order valence-corrected chi connectivity index (χ4v) is 5.61. The first kappa shape index (κ1) is 20.0. The third kappa shape index (κ3) is 3.21. The Bertz CT molecular complexity index is 1700. The summed E-state index contributed by atoms with van der Waals surface area (Å²) >= 11 is 1.48. The molecule has 0 saturated carbocycles. The quantitative estimate of drug-likeness (QED) is 0.225. The molecule has 8 heteroatoms. The molecule has 3 heterocycles. The molecule has 3 aromatic heterocycles. The summed E-state index contributed by atoms with van der Waals surface area (Å²) in [5.74, 6) is 0.993. The van der Waals surface area contributed by atoms with E-state index in [-0.39, 0.29) is 11.2 Å². The lowest BCUT2D eigenvalue weighted by atomic mass is 10.0. The molecular formula is C25H20N4O3S. The molecule has 0 radical (unpaired) electrons. The highest BCUT2D eigenvalue weighted by molar-refractivity contribution is 7.98. The molecule has 1 aliphatic carbocycles. The van der Waals surface area contributed by atoms with Gasteiger partial charge in [-0.25, -0.2) is 4.79 Å². The topological polar surface area (TPSA) is 82.4 Å². The maximum absolute atomic E-state index is 13.0. The van der Waals surface area contributed by atoms with Gasteiger partial charge in [-0.15, -0.1) is 16.8 Å². The van der Waals surface area contributed by atoms with Gasteiger partial charge in [-0.05, 0) is 60.2 Å². The molecule has 5 aromatic rings. The standard InChI is InChI=1S/C25H20N4O3S/c1-2-10-28-23(31)18-8-3-4-9-20(18)29-24(28)26-27-25(29)33-14-17-13-22(30)32-21-12-16-7-5-6-15(16)11-19(17)21/h2-4,8-9,11-13H,1,5-7,10,14H2. The Hall–Kier alpha value is -3.65. The van der Waals surface area contributed by atoms with Crippen LogP contribution in [0.25, 0.3) is 27.6 Å². The van der Waals surface area contributed by atoms with Crippen LogP contribution in [-0.4, -0.2) is 19.2 Å². The number of nitrogens with zero attached hydrogens (tertiary/aromatic N) is 4. The van der Waals surface area contributed by atoms with Gasteiger partial charge in [0.1, 0.15) is 5.58 Å². The summed E-state index contributed by atoms with van der Waals surface area (Å²) in [6.07, 6.45) is 4.88. The van der Waals surface area contributed by atoms with Crippen molar-refractivity contribution < 1.29 is 4.42 Å². The third-order valence-corrected chi connectivity index (χ3v) is 7.17. The van der Waals surface area contributed by atoms with Crippen LogP contribution in [0.5, 0.6) is 0 Å². The number of benzene rings is 2. The number of aromatic nitrogens is 4. The average Bonchev–Trinajstić information content (AvgIpc) is 3.45. The van der Waals surface area contributed by atoms with E-state index in [4.69, 9.17) is 4.42 Å². The molecule has 0 atom stereocenters. The molecule has 1 aliphatic rings. The zero-order valence-electron chi connectivity index (χ0n) is 17.8. The number of allylic oxidation sites excluding steroid dienone is 1. The molecule has 6 rings (SSSR count). The second-order valence-electron chi connectivity index (χ2n) is 8.19. The third-order valence-electron chi connectivity index (χ3n) is 6.19. The van der Waals surface area contributed by atoms with Crippen molar-refractivity contribution in [2.75, 3.05) is 0 Å². The molecule has 0 spiro atoms. The van der Waals surface area contributed by atoms with Crippen molar-refractivity contribution in [2.24, 2.45) is 0 Å². The first-order chi connectivity index (χ1) is 16.1. The lowest BCUT2D eigenvalue weighted by Crippen LogP contribution is -2.22. The number of para-hydroxylation sites is 1. The Balaban J connectivity index is 1.48. The Kier molecular flexibility index (Phi) is 4.69. The van der Waals surface area contributed by atoms with Gasteiger partial charge in [-0.2, -0.15) is 0 Å². The van der Waals surface area contributed by atoms with Crippen LogP contribution < -0.4 is 11.2 Å². The second-order valence-corrected chi connectivity index (χ2v) is 9.13. The van der Waals surface area contributed by atoms with Crippen LogP contribution in [0.4, 0.5) is 0 Å². The molecule has 0 fully saturated rings. The van der Waals surface area contributed by atoms with E-state index in [2.05, 4.69) is 22.8 Å². The van der Waals surface area contributed by atoms with E-state index in [1.807, 2.05) is 34.7 Å². The summed E-state index contributed by atoms with van der Waals surface area (Å²) in [6.45, 7) is 4.11. The molecule has 0 aliphatic heterocycles. The summed E-state index contributed by atoms with van der Waals surface area (Å²) in [4.78, 5) is 25.2. The second kappa shape index (κ2) is 7.74. The molecule has 0 amide bonds. The van der Waals surface area contributed by atoms with E-state index in [1.165, 1.54) is 22.9 Å². The summed E-state index contributed by atoms with van der Waals surface area (Å²) in [5.41, 5.74) is 4.41. The Morgan fingerprint density at radius 2 is 1.88 bits per heavy atom. The van der Waals surface area contributed by atoms with Gasteiger partial charge in [-0.1, -0.05) is 30.0 Å². The first-order valence-electron chi connectivity index (χ1n) is 10.8. The van der Waals surface area contributed by atoms with E-state index in [0.717, 1.165) is 35.7 Å². The minimum absolute atomic E-state index is 0.123. The van der Waals surface area contributed by atoms with Crippen molar-refractivity contribution in [1.29, 1.82) is 0 Å². The highest BCUT2D eigenvalue weighted by Gasteiger charge is 2.18. The molecule has 0 unspecified atom stereocenters. The molecule has 7 nitrogen and oxygen atoms in total. The van der Waals surface area contributed by atoms with Crippen molar-refractivity contribution in [1.82, 2.24) is 19.2 Å². The van der Waals surface area contributed by atoms with Gasteiger partial charge in [-0.3, -0.25) is 13.8 Å². The van der Waals surface area contributed by atoms with Crippen LogP contribution in [-0.2, 0) is 25.1 Å². The maximum atomic E-state index is 13.0. The van der Waals surface area contributed by atoms with Crippen LogP contribution in [0.15, 0.2) is 74.3 Å². The van der Waals surface area contributed by atoms with Crippen molar-refractivity contribution in [3.63, 3.8) is 0 Å². The lowest BCUT2D eigenvalue weighted by molar-refractivity contribution is 0.559. The van der Waals surface area contributed by atoms with Gasteiger partial charge in [0.05, 0.1) is 10.9 Å². The molecule has 0 saturated heterocycles. The Morgan fingerprint density at radius 3 is 2.73 bits per heavy atom. The molecule has 164 valence electrons. The number of aryl methyl sites for hydroxylation is 2. The van der Waals surface area contributed by atoms with Gasteiger partial charge in [0.25, 0.3) is 5.56 Å². The van der Waals surface area contributed by atoms with E-state index in [0.29, 0.717) is 34.2 Å². The Labute approximate surface area is 192 Å². The summed E-state index contributed by atoms with van der Waals surface area (Å²) < 4.78 is 8.97. The van der Waals surface area contributed by atoms with E-state index in [1.54, 1.807) is 16.7 Å². The Morgan fingerprint density at radius 1 is 1.06 bits per heavy atom. The molecule has 0 bridgehead atoms. The van der Waals surface area contributed by atoms with Gasteiger partial charge >= 0.3 is 5.63 Å². The fourth-order valence-electron chi connectivity index (χ4n) is 4.68. The van der Waals surface area contributed by atoms with E-state index < -0.39 is 0 Å². The zero-order chi connectivity index (χ0) is 22.5. The van der Waals surface area contributed by atoms with Crippen LogP contribution in [0.2, 0.25) is 0 Å². The summed E-state index contributed by atoms with van der Waals surface area (Å²) in [5, 5.41) is 10.9. The van der Waals surface area contributed by atoms with Crippen molar-refractivity contribution in [3.05, 3.63) is 92.6 Å². The molecule has 2 aromatic carbocycles. The van der Waals surface area contributed by atoms with E-state index >= 15 is 0 Å². The van der Waals surface area contributed by atoms with Gasteiger partial charge in [0.15, 0.2) is 5.16 Å². The first-order valence-corrected chi connectivity index (χ1v) is 11.8. The zero-order valence-corrected chi connectivity index (χ0v) is 18.6. The van der Waals surface area contributed by atoms with Crippen molar-refractivity contribution in [3.8, 4) is 0 Å². The molecule has 33 heavy (non-hydrogen) atoms. The number of thioether (sulfide) groups is 1. The number of rotatable bonds is 5. The number of fused-ring (bicyclic) bond motifs is 5. The van der Waals surface area contributed by atoms with Gasteiger partial charge < -0.3 is 4.42 Å². The predicted molar refractivity (Wildman–Crippen MR) is 129 cm³/mol. The molecule has 0 N–H and O–H groups in total. The summed E-state index contributed by atoms with van der Waals surface area (Å²) in [6, 6.07) is 13.2. The van der Waals surface area contributed by atoms with Crippen molar-refractivity contribution >= 4 is 39.4 Å². The highest BCUT2D eigenvalue weighted by Crippen LogP contribution is 2.31. The lowest BCUT2D eigenvalue weighted by Gasteiger charge is -2.10. The van der Waals surface area contributed by atoms with Gasteiger partial charge in [0, 0.05) is 23.8 Å². The molecular weight excluding hydrogens is 436 g/mol. The predicted octanol–water partition coefficient (Wildman–Crippen LogP) is 4.12. The van der Waals surface area contributed by atoms with Gasteiger partial charge in [0.2, 0.25) is 5.78 Å². The largest absolute Gasteiger partial charge is 0.423 e. The minimum atomic E-state index is -0.354. The van der Waals surface area contributed by atoms with E-state index in [9.17, 15) is 9.59 Å². The normalized spacial score (nSPS) is 13.2. The number of hydrogen-bond donors (Lipinski definition) is 0. The number of hydrogen-bond acceptors (Lipinski definition) is 6. The minimum Gasteiger partial charge on any atom is -0.423 e. The average molecular weight is 457 g/mol. The smallest absolute Gasteiger partial charge is 0.336 e. The van der Waals surface area contributed by atoms with Crippen LogP contribution in [0.1, 0.15) is 23.1 Å². The highest BCUT2D eigenvalue weighted by atomic mass is 32.2. The SMILES string of the molecule is C=CCn1c(=O)c2ccccc2n2c(SCc3cc(=O)oc4cc5c(cc34)CCC5)nnc12. The van der Waals surface area contributed by atoms with Crippen molar-refractivity contribution in [2.45, 2.75) is 36.7 Å². The maximum Gasteiger partial charge on any atom is 0.336 e. The monoisotopic (exact) mass is 456 g/mol. The summed E-state index contributed by atoms with van der Waals surface area (Å²) in [7, 11) is 0. The fraction of sp³-hybridized carbons (Fsp3) is 0.200. The van der Waals surface area contributed by atoms with Crippen LogP contribution >= 0.6 is 11.8 Å². The van der Waals surface area contributed by atoms with Crippen LogP contribution in [0.3, 0.4) is 0 Å².